The molecular formula is C23H20N4O4S. The number of rotatable bonds is 6. The Balaban J connectivity index is 1.54. The van der Waals surface area contributed by atoms with Crippen LogP contribution >= 0.6 is 11.3 Å². The molecule has 1 unspecified atom stereocenters. The molecular weight excluding hydrogens is 428 g/mol. The van der Waals surface area contributed by atoms with Gasteiger partial charge in [-0.2, -0.15) is 4.68 Å². The number of fused-ring (bicyclic) bond motifs is 1. The zero-order valence-corrected chi connectivity index (χ0v) is 18.3. The number of nitrogens with zero attached hydrogens (tertiary/aromatic N) is 3. The van der Waals surface area contributed by atoms with Crippen molar-refractivity contribution in [2.75, 3.05) is 11.9 Å². The molecule has 2 aromatic carbocycles. The number of hydrogen-bond donors (Lipinski definition) is 1. The van der Waals surface area contributed by atoms with E-state index in [0.29, 0.717) is 21.5 Å². The van der Waals surface area contributed by atoms with Crippen molar-refractivity contribution in [2.45, 2.75) is 19.9 Å². The van der Waals surface area contributed by atoms with E-state index in [0.717, 1.165) is 15.1 Å². The lowest BCUT2D eigenvalue weighted by Gasteiger charge is -2.13. The standard InChI is InChI=1S/C23H20N4O4S/c1-3-31-23(30)16-9-11-17(12-10-16)24-20(28)14(2)27-22(29)18-13-19(32-21(18)25-26-27)15-7-5-4-6-8-15/h4-14H,3H2,1-2H3,(H,24,28). The van der Waals surface area contributed by atoms with E-state index in [9.17, 15) is 14.4 Å². The first-order valence-corrected chi connectivity index (χ1v) is 10.8. The summed E-state index contributed by atoms with van der Waals surface area (Å²) in [5, 5.41) is 11.3. The highest BCUT2D eigenvalue weighted by atomic mass is 32.1. The highest BCUT2D eigenvalue weighted by molar-refractivity contribution is 7.21. The lowest BCUT2D eigenvalue weighted by molar-refractivity contribution is -0.119. The third-order valence-corrected chi connectivity index (χ3v) is 5.92. The summed E-state index contributed by atoms with van der Waals surface area (Å²) in [6.45, 7) is 3.59. The van der Waals surface area contributed by atoms with Gasteiger partial charge in [0.2, 0.25) is 5.91 Å². The molecule has 1 N–H and O–H groups in total. The molecule has 0 saturated heterocycles. The molecule has 0 saturated carbocycles. The number of nitrogens with one attached hydrogen (secondary N) is 1. The molecule has 32 heavy (non-hydrogen) atoms. The molecule has 0 aliphatic rings. The molecule has 2 aromatic heterocycles. The van der Waals surface area contributed by atoms with Gasteiger partial charge >= 0.3 is 5.97 Å². The number of carbonyl (C=O) groups excluding carboxylic acids is 2. The van der Waals surface area contributed by atoms with Crippen molar-refractivity contribution in [3.63, 3.8) is 0 Å². The third kappa shape index (κ3) is 4.28. The zero-order valence-electron chi connectivity index (χ0n) is 17.4. The first-order chi connectivity index (χ1) is 15.5. The maximum absolute atomic E-state index is 13.0. The van der Waals surface area contributed by atoms with E-state index in [4.69, 9.17) is 4.74 Å². The Labute approximate surface area is 187 Å². The number of aromatic nitrogens is 3. The maximum Gasteiger partial charge on any atom is 0.338 e. The Morgan fingerprint density at radius 3 is 2.53 bits per heavy atom. The summed E-state index contributed by atoms with van der Waals surface area (Å²) in [4.78, 5) is 38.9. The summed E-state index contributed by atoms with van der Waals surface area (Å²) in [5.41, 5.74) is 1.48. The molecule has 1 atom stereocenters. The SMILES string of the molecule is CCOC(=O)c1ccc(NC(=O)C(C)n2nnc3sc(-c4ccccc4)cc3c2=O)cc1. The van der Waals surface area contributed by atoms with Gasteiger partial charge in [0.05, 0.1) is 17.6 Å². The van der Waals surface area contributed by atoms with Crippen LogP contribution in [0.3, 0.4) is 0 Å². The number of carbonyl (C=O) groups is 2. The number of amides is 1. The molecule has 0 radical (unpaired) electrons. The Bertz CT molecular complexity index is 1330. The number of esters is 1. The fourth-order valence-electron chi connectivity index (χ4n) is 3.12. The van der Waals surface area contributed by atoms with Crippen LogP contribution in [0.5, 0.6) is 0 Å². The Hall–Kier alpha value is -3.85. The van der Waals surface area contributed by atoms with Gasteiger partial charge in [0.25, 0.3) is 5.56 Å². The molecule has 1 amide bonds. The third-order valence-electron chi connectivity index (χ3n) is 4.85. The van der Waals surface area contributed by atoms with Crippen LogP contribution in [0, 0.1) is 0 Å². The fourth-order valence-corrected chi connectivity index (χ4v) is 4.09. The summed E-state index contributed by atoms with van der Waals surface area (Å²) in [6, 6.07) is 16.9. The number of ether oxygens (including phenoxy) is 1. The van der Waals surface area contributed by atoms with E-state index in [1.54, 1.807) is 44.2 Å². The summed E-state index contributed by atoms with van der Waals surface area (Å²) in [7, 11) is 0. The number of hydrogen-bond acceptors (Lipinski definition) is 7. The van der Waals surface area contributed by atoms with Gasteiger partial charge in [-0.25, -0.2) is 4.79 Å². The number of thiophene rings is 1. The van der Waals surface area contributed by atoms with Crippen molar-refractivity contribution in [3.8, 4) is 10.4 Å². The molecule has 4 rings (SSSR count). The van der Waals surface area contributed by atoms with Crippen molar-refractivity contribution < 1.29 is 14.3 Å². The van der Waals surface area contributed by atoms with Gasteiger partial charge in [0.15, 0.2) is 4.83 Å². The molecule has 0 spiro atoms. The van der Waals surface area contributed by atoms with Crippen LogP contribution in [0.25, 0.3) is 20.7 Å². The van der Waals surface area contributed by atoms with Crippen molar-refractivity contribution in [2.24, 2.45) is 0 Å². The van der Waals surface area contributed by atoms with Crippen LogP contribution in [-0.4, -0.2) is 33.5 Å². The van der Waals surface area contributed by atoms with E-state index < -0.39 is 17.9 Å². The normalized spacial score (nSPS) is 11.8. The topological polar surface area (TPSA) is 103 Å². The van der Waals surface area contributed by atoms with Crippen LogP contribution in [0.1, 0.15) is 30.2 Å². The predicted octanol–water partition coefficient (Wildman–Crippen LogP) is 3.90. The van der Waals surface area contributed by atoms with Gasteiger partial charge in [-0.05, 0) is 49.7 Å². The van der Waals surface area contributed by atoms with Gasteiger partial charge in [0, 0.05) is 10.6 Å². The van der Waals surface area contributed by atoms with Gasteiger partial charge < -0.3 is 10.1 Å². The van der Waals surface area contributed by atoms with E-state index in [1.165, 1.54) is 11.3 Å². The summed E-state index contributed by atoms with van der Waals surface area (Å²) in [5.74, 6) is -0.859. The number of benzene rings is 2. The molecule has 0 aliphatic carbocycles. The van der Waals surface area contributed by atoms with E-state index in [-0.39, 0.29) is 12.2 Å². The monoisotopic (exact) mass is 448 g/mol. The average molecular weight is 449 g/mol. The lowest BCUT2D eigenvalue weighted by Crippen LogP contribution is -2.33. The van der Waals surface area contributed by atoms with Gasteiger partial charge in [-0.3, -0.25) is 9.59 Å². The predicted molar refractivity (Wildman–Crippen MR) is 123 cm³/mol. The highest BCUT2D eigenvalue weighted by Gasteiger charge is 2.21. The summed E-state index contributed by atoms with van der Waals surface area (Å²) in [6.07, 6.45) is 0. The van der Waals surface area contributed by atoms with Gasteiger partial charge in [-0.1, -0.05) is 35.5 Å². The van der Waals surface area contributed by atoms with Gasteiger partial charge in [-0.15, -0.1) is 16.4 Å². The molecule has 162 valence electrons. The van der Waals surface area contributed by atoms with Crippen molar-refractivity contribution in [3.05, 3.63) is 76.6 Å². The minimum absolute atomic E-state index is 0.284. The lowest BCUT2D eigenvalue weighted by atomic mass is 10.2. The van der Waals surface area contributed by atoms with Crippen LogP contribution in [0.4, 0.5) is 5.69 Å². The Morgan fingerprint density at radius 2 is 1.84 bits per heavy atom. The molecule has 8 nitrogen and oxygen atoms in total. The zero-order chi connectivity index (χ0) is 22.7. The molecule has 9 heteroatoms. The minimum Gasteiger partial charge on any atom is -0.462 e. The van der Waals surface area contributed by atoms with Gasteiger partial charge in [0.1, 0.15) is 6.04 Å². The second-order valence-electron chi connectivity index (χ2n) is 7.00. The van der Waals surface area contributed by atoms with Crippen LogP contribution in [0.2, 0.25) is 0 Å². The second-order valence-corrected chi connectivity index (χ2v) is 8.03. The van der Waals surface area contributed by atoms with E-state index in [1.807, 2.05) is 30.3 Å². The molecule has 0 fully saturated rings. The molecule has 0 bridgehead atoms. The highest BCUT2D eigenvalue weighted by Crippen LogP contribution is 2.30. The fraction of sp³-hybridized carbons (Fsp3) is 0.174. The Morgan fingerprint density at radius 1 is 1.12 bits per heavy atom. The molecule has 4 aromatic rings. The largest absolute Gasteiger partial charge is 0.462 e. The van der Waals surface area contributed by atoms with Crippen molar-refractivity contribution in [1.29, 1.82) is 0 Å². The minimum atomic E-state index is -0.885. The van der Waals surface area contributed by atoms with Crippen molar-refractivity contribution >= 4 is 39.1 Å². The quantitative estimate of drug-likeness (QED) is 0.449. The summed E-state index contributed by atoms with van der Waals surface area (Å²) < 4.78 is 6.02. The van der Waals surface area contributed by atoms with Crippen LogP contribution in [0.15, 0.2) is 65.5 Å². The van der Waals surface area contributed by atoms with Crippen molar-refractivity contribution in [1.82, 2.24) is 15.0 Å². The number of anilines is 1. The average Bonchev–Trinajstić information content (AvgIpc) is 3.25. The summed E-state index contributed by atoms with van der Waals surface area (Å²) >= 11 is 1.38. The smallest absolute Gasteiger partial charge is 0.338 e. The maximum atomic E-state index is 13.0. The molecule has 0 aliphatic heterocycles. The van der Waals surface area contributed by atoms with Crippen LogP contribution in [-0.2, 0) is 9.53 Å². The first-order valence-electron chi connectivity index (χ1n) is 10.0. The second kappa shape index (κ2) is 9.11. The molecule has 2 heterocycles. The van der Waals surface area contributed by atoms with E-state index in [2.05, 4.69) is 15.6 Å². The first kappa shape index (κ1) is 21.4. The van der Waals surface area contributed by atoms with E-state index >= 15 is 0 Å². The van der Waals surface area contributed by atoms with Crippen LogP contribution < -0.4 is 10.9 Å². The Kier molecular flexibility index (Phi) is 6.09.